The van der Waals surface area contributed by atoms with Crippen LogP contribution in [0.2, 0.25) is 0 Å². The third kappa shape index (κ3) is 3.23. The van der Waals surface area contributed by atoms with Crippen LogP contribution in [0.25, 0.3) is 0 Å². The summed E-state index contributed by atoms with van der Waals surface area (Å²) in [7, 11) is 0. The van der Waals surface area contributed by atoms with Gasteiger partial charge in [-0.25, -0.2) is 0 Å². The molecule has 142 valence electrons. The summed E-state index contributed by atoms with van der Waals surface area (Å²) in [6.45, 7) is 6.99. The second kappa shape index (κ2) is 6.81. The van der Waals surface area contributed by atoms with Gasteiger partial charge in [0.2, 0.25) is 5.91 Å². The second-order valence-corrected chi connectivity index (χ2v) is 7.37. The number of ether oxygens (including phenoxy) is 1. The van der Waals surface area contributed by atoms with Gasteiger partial charge >= 0.3 is 0 Å². The standard InChI is InChI=1S/C20H24N4O3/c1-12-4-6-15(7-5-12)24-9-8-23(11-17(24)25)20(26)19-16-10-13(2)27-14(3)18(16)21-22-19/h4-7,13-14H,8-11H2,1-3H3,(H,21,22)/t13-,14+/m1/s1. The van der Waals surface area contributed by atoms with Crippen LogP contribution in [-0.4, -0.2) is 52.6 Å². The Bertz CT molecular complexity index is 874. The number of aryl methyl sites for hydroxylation is 1. The quantitative estimate of drug-likeness (QED) is 0.882. The summed E-state index contributed by atoms with van der Waals surface area (Å²) in [4.78, 5) is 29.0. The highest BCUT2D eigenvalue weighted by molar-refractivity contribution is 6.01. The molecule has 1 N–H and O–H groups in total. The molecule has 1 fully saturated rings. The molecule has 0 unspecified atom stereocenters. The molecule has 2 aromatic rings. The lowest BCUT2D eigenvalue weighted by Gasteiger charge is -2.34. The van der Waals surface area contributed by atoms with E-state index in [-0.39, 0.29) is 30.6 Å². The van der Waals surface area contributed by atoms with Gasteiger partial charge in [-0.2, -0.15) is 5.10 Å². The van der Waals surface area contributed by atoms with Crippen molar-refractivity contribution in [1.82, 2.24) is 15.1 Å². The van der Waals surface area contributed by atoms with Crippen LogP contribution >= 0.6 is 0 Å². The fourth-order valence-corrected chi connectivity index (χ4v) is 3.84. The third-order valence-corrected chi connectivity index (χ3v) is 5.29. The van der Waals surface area contributed by atoms with Crippen molar-refractivity contribution >= 4 is 17.5 Å². The molecule has 0 aliphatic carbocycles. The molecular weight excluding hydrogens is 344 g/mol. The molecule has 7 nitrogen and oxygen atoms in total. The number of H-pyrrole nitrogens is 1. The number of rotatable bonds is 2. The van der Waals surface area contributed by atoms with Crippen molar-refractivity contribution in [3.05, 3.63) is 46.8 Å². The maximum absolute atomic E-state index is 13.0. The largest absolute Gasteiger partial charge is 0.369 e. The number of nitrogens with one attached hydrogen (secondary N) is 1. The summed E-state index contributed by atoms with van der Waals surface area (Å²) >= 11 is 0. The van der Waals surface area contributed by atoms with Gasteiger partial charge in [0.05, 0.1) is 17.9 Å². The molecule has 1 aromatic heterocycles. The molecule has 1 saturated heterocycles. The normalized spacial score (nSPS) is 22.7. The van der Waals surface area contributed by atoms with Crippen LogP contribution in [-0.2, 0) is 16.0 Å². The number of hydrogen-bond donors (Lipinski definition) is 1. The fourth-order valence-electron chi connectivity index (χ4n) is 3.84. The van der Waals surface area contributed by atoms with Crippen molar-refractivity contribution in [3.8, 4) is 0 Å². The molecule has 7 heteroatoms. The maximum atomic E-state index is 13.0. The Morgan fingerprint density at radius 1 is 1.22 bits per heavy atom. The first-order valence-electron chi connectivity index (χ1n) is 9.33. The minimum atomic E-state index is -0.189. The summed E-state index contributed by atoms with van der Waals surface area (Å²) in [6, 6.07) is 7.86. The Kier molecular flexibility index (Phi) is 4.47. The minimum Gasteiger partial charge on any atom is -0.369 e. The van der Waals surface area contributed by atoms with Gasteiger partial charge in [0, 0.05) is 30.8 Å². The highest BCUT2D eigenvalue weighted by Gasteiger charge is 2.34. The van der Waals surface area contributed by atoms with Gasteiger partial charge in [-0.3, -0.25) is 14.7 Å². The van der Waals surface area contributed by atoms with Gasteiger partial charge in [0.15, 0.2) is 5.69 Å². The summed E-state index contributed by atoms with van der Waals surface area (Å²) < 4.78 is 5.78. The molecule has 2 aliphatic heterocycles. The summed E-state index contributed by atoms with van der Waals surface area (Å²) in [5.74, 6) is -0.265. The van der Waals surface area contributed by atoms with Crippen LogP contribution in [0.4, 0.5) is 5.69 Å². The monoisotopic (exact) mass is 368 g/mol. The Labute approximate surface area is 158 Å². The van der Waals surface area contributed by atoms with Gasteiger partial charge in [-0.15, -0.1) is 0 Å². The Balaban J connectivity index is 1.51. The van der Waals surface area contributed by atoms with Crippen LogP contribution in [0.3, 0.4) is 0 Å². The number of aromatic nitrogens is 2. The van der Waals surface area contributed by atoms with Crippen LogP contribution in [0.1, 0.15) is 47.3 Å². The molecule has 3 heterocycles. The lowest BCUT2D eigenvalue weighted by molar-refractivity contribution is -0.120. The van der Waals surface area contributed by atoms with Gasteiger partial charge < -0.3 is 14.5 Å². The average Bonchev–Trinajstić information content (AvgIpc) is 3.06. The number of anilines is 1. The van der Waals surface area contributed by atoms with E-state index in [1.165, 1.54) is 0 Å². The average molecular weight is 368 g/mol. The predicted molar refractivity (Wildman–Crippen MR) is 101 cm³/mol. The van der Waals surface area contributed by atoms with Crippen molar-refractivity contribution in [3.63, 3.8) is 0 Å². The van der Waals surface area contributed by atoms with Gasteiger partial charge in [-0.05, 0) is 32.9 Å². The van der Waals surface area contributed by atoms with E-state index < -0.39 is 0 Å². The Hall–Kier alpha value is -2.67. The zero-order valence-electron chi connectivity index (χ0n) is 15.9. The van der Waals surface area contributed by atoms with E-state index in [1.807, 2.05) is 45.0 Å². The van der Waals surface area contributed by atoms with Crippen LogP contribution in [0.15, 0.2) is 24.3 Å². The van der Waals surface area contributed by atoms with E-state index in [4.69, 9.17) is 4.74 Å². The second-order valence-electron chi connectivity index (χ2n) is 7.37. The van der Waals surface area contributed by atoms with E-state index in [0.717, 1.165) is 22.5 Å². The van der Waals surface area contributed by atoms with Crippen molar-refractivity contribution in [1.29, 1.82) is 0 Å². The lowest BCUT2D eigenvalue weighted by atomic mass is 9.99. The fraction of sp³-hybridized carbons (Fsp3) is 0.450. The first-order valence-corrected chi connectivity index (χ1v) is 9.33. The van der Waals surface area contributed by atoms with E-state index >= 15 is 0 Å². The molecule has 0 bridgehead atoms. The Morgan fingerprint density at radius 3 is 2.67 bits per heavy atom. The minimum absolute atomic E-state index is 0.0386. The molecule has 0 saturated carbocycles. The molecule has 4 rings (SSSR count). The molecule has 0 radical (unpaired) electrons. The SMILES string of the molecule is Cc1ccc(N2CCN(C(=O)c3n[nH]c4c3C[C@@H](C)O[C@H]4C)CC2=O)cc1. The molecule has 27 heavy (non-hydrogen) atoms. The zero-order chi connectivity index (χ0) is 19.1. The molecule has 2 atom stereocenters. The Morgan fingerprint density at radius 2 is 1.96 bits per heavy atom. The smallest absolute Gasteiger partial charge is 0.275 e. The van der Waals surface area contributed by atoms with E-state index in [1.54, 1.807) is 9.80 Å². The number of hydrogen-bond acceptors (Lipinski definition) is 4. The highest BCUT2D eigenvalue weighted by Crippen LogP contribution is 2.31. The molecular formula is C20H24N4O3. The zero-order valence-corrected chi connectivity index (χ0v) is 15.9. The predicted octanol–water partition coefficient (Wildman–Crippen LogP) is 2.23. The van der Waals surface area contributed by atoms with E-state index in [9.17, 15) is 9.59 Å². The van der Waals surface area contributed by atoms with Crippen molar-refractivity contribution < 1.29 is 14.3 Å². The first-order chi connectivity index (χ1) is 12.9. The van der Waals surface area contributed by atoms with Crippen LogP contribution in [0, 0.1) is 6.92 Å². The summed E-state index contributed by atoms with van der Waals surface area (Å²) in [5, 5.41) is 7.20. The van der Waals surface area contributed by atoms with Gasteiger partial charge in [0.25, 0.3) is 5.91 Å². The molecule has 2 amide bonds. The number of carbonyl (C=O) groups excluding carboxylic acids is 2. The van der Waals surface area contributed by atoms with Crippen LogP contribution < -0.4 is 4.90 Å². The van der Waals surface area contributed by atoms with Gasteiger partial charge in [0.1, 0.15) is 6.54 Å². The van der Waals surface area contributed by atoms with Crippen molar-refractivity contribution in [2.24, 2.45) is 0 Å². The summed E-state index contributed by atoms with van der Waals surface area (Å²) in [5.41, 5.74) is 4.22. The number of piperazine rings is 1. The lowest BCUT2D eigenvalue weighted by Crippen LogP contribution is -2.52. The topological polar surface area (TPSA) is 78.5 Å². The number of benzene rings is 1. The van der Waals surface area contributed by atoms with Crippen molar-refractivity contribution in [2.45, 2.75) is 39.4 Å². The van der Waals surface area contributed by atoms with E-state index in [0.29, 0.717) is 25.2 Å². The number of fused-ring (bicyclic) bond motifs is 1. The molecule has 2 aliphatic rings. The molecule has 0 spiro atoms. The maximum Gasteiger partial charge on any atom is 0.275 e. The van der Waals surface area contributed by atoms with E-state index in [2.05, 4.69) is 10.2 Å². The van der Waals surface area contributed by atoms with Crippen molar-refractivity contribution in [2.75, 3.05) is 24.5 Å². The number of nitrogens with zero attached hydrogens (tertiary/aromatic N) is 3. The first kappa shape index (κ1) is 17.7. The molecule has 1 aromatic carbocycles. The highest BCUT2D eigenvalue weighted by atomic mass is 16.5. The number of carbonyl (C=O) groups is 2. The third-order valence-electron chi connectivity index (χ3n) is 5.29. The van der Waals surface area contributed by atoms with Crippen LogP contribution in [0.5, 0.6) is 0 Å². The summed E-state index contributed by atoms with van der Waals surface area (Å²) in [6.07, 6.45) is 0.573. The number of aromatic amines is 1. The number of amides is 2. The van der Waals surface area contributed by atoms with Gasteiger partial charge in [-0.1, -0.05) is 17.7 Å².